The van der Waals surface area contributed by atoms with E-state index in [2.05, 4.69) is 25.3 Å². The smallest absolute Gasteiger partial charge is 0.328 e. The van der Waals surface area contributed by atoms with Gasteiger partial charge in [0.2, 0.25) is 5.16 Å². The predicted molar refractivity (Wildman–Crippen MR) is 102 cm³/mol. The molecule has 0 spiro atoms. The highest BCUT2D eigenvalue weighted by atomic mass is 32.2. The summed E-state index contributed by atoms with van der Waals surface area (Å²) in [5.74, 6) is 0.975. The summed E-state index contributed by atoms with van der Waals surface area (Å²) < 4.78 is 13.9. The molecule has 0 amide bonds. The monoisotopic (exact) mass is 374 g/mol. The van der Waals surface area contributed by atoms with Crippen LogP contribution in [0.1, 0.15) is 31.5 Å². The number of aromatic amines is 1. The van der Waals surface area contributed by atoms with Crippen LogP contribution in [0.4, 0.5) is 5.82 Å². The molecule has 0 aliphatic carbocycles. The molecule has 138 valence electrons. The van der Waals surface area contributed by atoms with Crippen LogP contribution in [0.3, 0.4) is 0 Å². The lowest BCUT2D eigenvalue weighted by molar-refractivity contribution is 0.674. The van der Waals surface area contributed by atoms with Crippen molar-refractivity contribution in [2.24, 2.45) is 0 Å². The highest BCUT2D eigenvalue weighted by Crippen LogP contribution is 2.19. The molecule has 0 aliphatic heterocycles. The molecule has 3 rings (SSSR count). The lowest BCUT2D eigenvalue weighted by atomic mass is 10.2. The van der Waals surface area contributed by atoms with Gasteiger partial charge in [-0.2, -0.15) is 0 Å². The Balaban J connectivity index is 2.13. The SMILES string of the molecule is CCCS(=O)c1nc(NCC)c2[nH]c(=O)n(Cc3ccc(C)nc3)c2n1. The number of nitrogens with one attached hydrogen (secondary N) is 2. The average Bonchev–Trinajstić information content (AvgIpc) is 2.93. The first-order valence-corrected chi connectivity index (χ1v) is 9.89. The highest BCUT2D eigenvalue weighted by Gasteiger charge is 2.18. The van der Waals surface area contributed by atoms with E-state index in [4.69, 9.17) is 0 Å². The zero-order valence-electron chi connectivity index (χ0n) is 15.1. The number of imidazole rings is 1. The molecule has 8 nitrogen and oxygen atoms in total. The number of fused-ring (bicyclic) bond motifs is 1. The Labute approximate surface area is 153 Å². The third kappa shape index (κ3) is 3.67. The quantitative estimate of drug-likeness (QED) is 0.611. The molecule has 0 aliphatic rings. The Kier molecular flexibility index (Phi) is 5.46. The average molecular weight is 374 g/mol. The second-order valence-corrected chi connectivity index (χ2v) is 7.42. The van der Waals surface area contributed by atoms with Crippen molar-refractivity contribution < 1.29 is 4.21 Å². The number of H-pyrrole nitrogens is 1. The van der Waals surface area contributed by atoms with Crippen molar-refractivity contribution in [3.63, 3.8) is 0 Å². The third-order valence-corrected chi connectivity index (χ3v) is 5.22. The van der Waals surface area contributed by atoms with Crippen molar-refractivity contribution in [2.75, 3.05) is 17.6 Å². The van der Waals surface area contributed by atoms with Crippen molar-refractivity contribution >= 4 is 27.8 Å². The van der Waals surface area contributed by atoms with E-state index in [1.165, 1.54) is 4.57 Å². The first-order chi connectivity index (χ1) is 12.5. The molecule has 0 saturated carbocycles. The molecule has 1 unspecified atom stereocenters. The zero-order chi connectivity index (χ0) is 18.7. The minimum atomic E-state index is -1.31. The van der Waals surface area contributed by atoms with Crippen LogP contribution in [0, 0.1) is 6.92 Å². The molecule has 0 radical (unpaired) electrons. The number of anilines is 1. The van der Waals surface area contributed by atoms with Crippen molar-refractivity contribution in [3.05, 3.63) is 40.1 Å². The van der Waals surface area contributed by atoms with Crippen molar-refractivity contribution in [2.45, 2.75) is 38.9 Å². The Morgan fingerprint density at radius 3 is 2.73 bits per heavy atom. The lowest BCUT2D eigenvalue weighted by Gasteiger charge is -2.08. The van der Waals surface area contributed by atoms with Gasteiger partial charge >= 0.3 is 5.69 Å². The molecule has 0 aromatic carbocycles. The van der Waals surface area contributed by atoms with Gasteiger partial charge in [0.05, 0.1) is 17.3 Å². The van der Waals surface area contributed by atoms with Gasteiger partial charge < -0.3 is 10.3 Å². The van der Waals surface area contributed by atoms with Gasteiger partial charge in [0, 0.05) is 24.2 Å². The van der Waals surface area contributed by atoms with Crippen molar-refractivity contribution in [3.8, 4) is 0 Å². The predicted octanol–water partition coefficient (Wildman–Crippen LogP) is 1.82. The highest BCUT2D eigenvalue weighted by molar-refractivity contribution is 7.84. The molecule has 0 fully saturated rings. The fraction of sp³-hybridized carbons (Fsp3) is 0.412. The minimum absolute atomic E-state index is 0.241. The van der Waals surface area contributed by atoms with Gasteiger partial charge in [-0.3, -0.25) is 13.8 Å². The van der Waals surface area contributed by atoms with Crippen LogP contribution in [0.5, 0.6) is 0 Å². The van der Waals surface area contributed by atoms with Crippen LogP contribution >= 0.6 is 0 Å². The summed E-state index contributed by atoms with van der Waals surface area (Å²) in [5.41, 5.74) is 2.48. The number of hydrogen-bond acceptors (Lipinski definition) is 6. The van der Waals surface area contributed by atoms with Gasteiger partial charge in [-0.1, -0.05) is 13.0 Å². The maximum absolute atomic E-state index is 12.5. The van der Waals surface area contributed by atoms with E-state index >= 15 is 0 Å². The Hall–Kier alpha value is -2.55. The topological polar surface area (TPSA) is 106 Å². The molecule has 26 heavy (non-hydrogen) atoms. The normalized spacial score (nSPS) is 12.4. The number of nitrogens with zero attached hydrogens (tertiary/aromatic N) is 4. The summed E-state index contributed by atoms with van der Waals surface area (Å²) >= 11 is 0. The summed E-state index contributed by atoms with van der Waals surface area (Å²) in [6.45, 7) is 6.75. The van der Waals surface area contributed by atoms with Crippen molar-refractivity contribution in [1.82, 2.24) is 24.5 Å². The van der Waals surface area contributed by atoms with E-state index in [-0.39, 0.29) is 10.8 Å². The minimum Gasteiger partial charge on any atom is -0.368 e. The zero-order valence-corrected chi connectivity index (χ0v) is 15.9. The molecule has 3 aromatic heterocycles. The first kappa shape index (κ1) is 18.2. The lowest BCUT2D eigenvalue weighted by Crippen LogP contribution is -2.18. The van der Waals surface area contributed by atoms with Crippen molar-refractivity contribution in [1.29, 1.82) is 0 Å². The first-order valence-electron chi connectivity index (χ1n) is 8.57. The third-order valence-electron chi connectivity index (χ3n) is 3.85. The number of pyridine rings is 1. The van der Waals surface area contributed by atoms with E-state index in [0.29, 0.717) is 35.8 Å². The number of rotatable bonds is 7. The molecular formula is C17H22N6O2S. The van der Waals surface area contributed by atoms with Crippen LogP contribution in [0.25, 0.3) is 11.2 Å². The Morgan fingerprint density at radius 1 is 1.27 bits per heavy atom. The van der Waals surface area contributed by atoms with E-state index < -0.39 is 10.8 Å². The van der Waals surface area contributed by atoms with Crippen LogP contribution in [0.2, 0.25) is 0 Å². The van der Waals surface area contributed by atoms with E-state index in [0.717, 1.165) is 17.7 Å². The van der Waals surface area contributed by atoms with Crippen LogP contribution in [-0.4, -0.2) is 41.0 Å². The van der Waals surface area contributed by atoms with Crippen LogP contribution in [0.15, 0.2) is 28.3 Å². The largest absolute Gasteiger partial charge is 0.368 e. The summed E-state index contributed by atoms with van der Waals surface area (Å²) in [6, 6.07) is 3.83. The fourth-order valence-electron chi connectivity index (χ4n) is 2.61. The maximum Gasteiger partial charge on any atom is 0.328 e. The second-order valence-electron chi connectivity index (χ2n) is 5.96. The summed E-state index contributed by atoms with van der Waals surface area (Å²) in [7, 11) is -1.31. The molecule has 1 atom stereocenters. The van der Waals surface area contributed by atoms with Gasteiger partial charge in [-0.05, 0) is 31.9 Å². The fourth-order valence-corrected chi connectivity index (χ4v) is 3.54. The van der Waals surface area contributed by atoms with E-state index in [1.54, 1.807) is 6.20 Å². The summed E-state index contributed by atoms with van der Waals surface area (Å²) in [6.07, 6.45) is 2.50. The van der Waals surface area contributed by atoms with Gasteiger partial charge in [-0.15, -0.1) is 0 Å². The number of aryl methyl sites for hydroxylation is 1. The molecule has 3 aromatic rings. The standard InChI is InChI=1S/C17H22N6O2S/c1-4-8-26(25)16-21-14(18-5-2)13-15(22-16)23(17(24)20-13)10-12-7-6-11(3)19-9-12/h6-7,9H,4-5,8,10H2,1-3H3,(H,20,24)(H,18,21,22). The number of aromatic nitrogens is 5. The van der Waals surface area contributed by atoms with Gasteiger partial charge in [-0.25, -0.2) is 14.8 Å². The number of hydrogen-bond donors (Lipinski definition) is 2. The van der Waals surface area contributed by atoms with E-state index in [1.807, 2.05) is 32.9 Å². The molecule has 0 bridgehead atoms. The molecule has 3 heterocycles. The Morgan fingerprint density at radius 2 is 2.08 bits per heavy atom. The summed E-state index contributed by atoms with van der Waals surface area (Å²) in [5, 5.41) is 3.36. The second kappa shape index (κ2) is 7.77. The molecule has 9 heteroatoms. The molecule has 0 saturated heterocycles. The van der Waals surface area contributed by atoms with Gasteiger partial charge in [0.25, 0.3) is 0 Å². The van der Waals surface area contributed by atoms with E-state index in [9.17, 15) is 9.00 Å². The van der Waals surface area contributed by atoms with Crippen LogP contribution < -0.4 is 11.0 Å². The molecular weight excluding hydrogens is 352 g/mol. The van der Waals surface area contributed by atoms with Gasteiger partial charge in [0.15, 0.2) is 11.5 Å². The Bertz CT molecular complexity index is 993. The maximum atomic E-state index is 12.5. The van der Waals surface area contributed by atoms with Gasteiger partial charge in [0.1, 0.15) is 5.52 Å². The summed E-state index contributed by atoms with van der Waals surface area (Å²) in [4.78, 5) is 28.4. The van der Waals surface area contributed by atoms with Crippen LogP contribution in [-0.2, 0) is 17.3 Å². The molecule has 2 N–H and O–H groups in total.